The van der Waals surface area contributed by atoms with Gasteiger partial charge < -0.3 is 5.73 Å². The van der Waals surface area contributed by atoms with Gasteiger partial charge in [-0.2, -0.15) is 0 Å². The van der Waals surface area contributed by atoms with E-state index in [9.17, 15) is 10.1 Å². The molecule has 0 aromatic heterocycles. The molecule has 19 heavy (non-hydrogen) atoms. The summed E-state index contributed by atoms with van der Waals surface area (Å²) in [5, 5.41) is 10.9. The number of benzene rings is 1. The van der Waals surface area contributed by atoms with Crippen LogP contribution in [-0.4, -0.2) is 22.4 Å². The summed E-state index contributed by atoms with van der Waals surface area (Å²) in [6, 6.07) is 5.65. The summed E-state index contributed by atoms with van der Waals surface area (Å²) >= 11 is 0. The Bertz CT molecular complexity index is 462. The number of hydrogen-bond acceptors (Lipinski definition) is 4. The third-order valence-electron chi connectivity index (χ3n) is 3.96. The van der Waals surface area contributed by atoms with E-state index in [4.69, 9.17) is 5.73 Å². The van der Waals surface area contributed by atoms with Crippen molar-refractivity contribution in [2.24, 2.45) is 0 Å². The van der Waals surface area contributed by atoms with Gasteiger partial charge in [-0.3, -0.25) is 15.0 Å². The van der Waals surface area contributed by atoms with Crippen LogP contribution in [0.1, 0.15) is 38.2 Å². The van der Waals surface area contributed by atoms with E-state index in [0.29, 0.717) is 18.3 Å². The summed E-state index contributed by atoms with van der Waals surface area (Å²) in [6.07, 6.45) is 4.81. The first-order valence-electron chi connectivity index (χ1n) is 6.89. The molecule has 0 bridgehead atoms. The average molecular weight is 263 g/mol. The van der Waals surface area contributed by atoms with Gasteiger partial charge >= 0.3 is 0 Å². The van der Waals surface area contributed by atoms with E-state index in [1.54, 1.807) is 6.07 Å². The monoisotopic (exact) mass is 263 g/mol. The third kappa shape index (κ3) is 3.04. The minimum absolute atomic E-state index is 0.0163. The zero-order valence-corrected chi connectivity index (χ0v) is 11.3. The van der Waals surface area contributed by atoms with Crippen LogP contribution in [0.15, 0.2) is 18.2 Å². The molecular weight excluding hydrogens is 242 g/mol. The lowest BCUT2D eigenvalue weighted by atomic mass is 9.99. The highest BCUT2D eigenvalue weighted by Crippen LogP contribution is 2.28. The molecule has 5 heteroatoms. The van der Waals surface area contributed by atoms with Gasteiger partial charge in [0.15, 0.2) is 0 Å². The molecule has 1 aliphatic heterocycles. The van der Waals surface area contributed by atoms with Crippen molar-refractivity contribution in [3.63, 3.8) is 0 Å². The average Bonchev–Trinajstić information content (AvgIpc) is 2.41. The van der Waals surface area contributed by atoms with Crippen molar-refractivity contribution in [3.8, 4) is 0 Å². The molecule has 0 saturated carbocycles. The maximum Gasteiger partial charge on any atom is 0.292 e. The SMILES string of the molecule is CCC1CCCCN1Cc1cccc([N+](=O)[O-])c1N. The molecule has 1 aliphatic rings. The van der Waals surface area contributed by atoms with E-state index < -0.39 is 4.92 Å². The minimum atomic E-state index is -0.410. The second kappa shape index (κ2) is 6.02. The zero-order chi connectivity index (χ0) is 13.8. The number of nitrogens with two attached hydrogens (primary N) is 1. The molecule has 0 aliphatic carbocycles. The van der Waals surface area contributed by atoms with Crippen LogP contribution in [0.5, 0.6) is 0 Å². The molecule has 104 valence electrons. The maximum atomic E-state index is 10.9. The van der Waals surface area contributed by atoms with Gasteiger partial charge in [-0.1, -0.05) is 25.5 Å². The number of piperidine rings is 1. The summed E-state index contributed by atoms with van der Waals surface area (Å²) in [4.78, 5) is 12.9. The van der Waals surface area contributed by atoms with Gasteiger partial charge in [0.1, 0.15) is 5.69 Å². The first-order valence-corrected chi connectivity index (χ1v) is 6.89. The molecule has 1 unspecified atom stereocenters. The van der Waals surface area contributed by atoms with E-state index in [-0.39, 0.29) is 5.69 Å². The topological polar surface area (TPSA) is 72.4 Å². The van der Waals surface area contributed by atoms with Gasteiger partial charge in [0.25, 0.3) is 5.69 Å². The molecule has 0 amide bonds. The van der Waals surface area contributed by atoms with E-state index in [2.05, 4.69) is 11.8 Å². The standard InChI is InChI=1S/C14H21N3O2/c1-2-12-7-3-4-9-16(12)10-11-6-5-8-13(14(11)15)17(18)19/h5-6,8,12H,2-4,7,9-10,15H2,1H3. The molecule has 0 spiro atoms. The second-order valence-corrected chi connectivity index (χ2v) is 5.14. The first kappa shape index (κ1) is 13.8. The van der Waals surface area contributed by atoms with Crippen LogP contribution in [0.2, 0.25) is 0 Å². The molecule has 2 N–H and O–H groups in total. The van der Waals surface area contributed by atoms with E-state index in [1.165, 1.54) is 25.3 Å². The Labute approximate surface area is 113 Å². The fourth-order valence-corrected chi connectivity index (χ4v) is 2.85. The van der Waals surface area contributed by atoms with Crippen LogP contribution in [-0.2, 0) is 6.54 Å². The molecule has 1 aromatic carbocycles. The summed E-state index contributed by atoms with van der Waals surface area (Å²) in [7, 11) is 0. The van der Waals surface area contributed by atoms with Crippen molar-refractivity contribution < 1.29 is 4.92 Å². The van der Waals surface area contributed by atoms with Crippen molar-refractivity contribution in [3.05, 3.63) is 33.9 Å². The summed E-state index contributed by atoms with van der Waals surface area (Å²) in [5.41, 5.74) is 7.12. The van der Waals surface area contributed by atoms with Gasteiger partial charge in [0.05, 0.1) is 4.92 Å². The number of hydrogen-bond donors (Lipinski definition) is 1. The van der Waals surface area contributed by atoms with Crippen molar-refractivity contribution in [1.29, 1.82) is 0 Å². The van der Waals surface area contributed by atoms with Crippen LogP contribution in [0.3, 0.4) is 0 Å². The van der Waals surface area contributed by atoms with Crippen molar-refractivity contribution in [2.45, 2.75) is 45.2 Å². The van der Waals surface area contributed by atoms with Gasteiger partial charge in [-0.15, -0.1) is 0 Å². The highest BCUT2D eigenvalue weighted by Gasteiger charge is 2.23. The van der Waals surface area contributed by atoms with E-state index in [0.717, 1.165) is 18.5 Å². The number of anilines is 1. The van der Waals surface area contributed by atoms with Crippen molar-refractivity contribution >= 4 is 11.4 Å². The lowest BCUT2D eigenvalue weighted by molar-refractivity contribution is -0.384. The number of nitrogens with zero attached hydrogens (tertiary/aromatic N) is 2. The van der Waals surface area contributed by atoms with Gasteiger partial charge in [-0.25, -0.2) is 0 Å². The van der Waals surface area contributed by atoms with Crippen LogP contribution >= 0.6 is 0 Å². The highest BCUT2D eigenvalue weighted by molar-refractivity contribution is 5.62. The molecule has 1 aromatic rings. The van der Waals surface area contributed by atoms with Crippen molar-refractivity contribution in [1.82, 2.24) is 4.90 Å². The molecule has 0 radical (unpaired) electrons. The molecule has 1 heterocycles. The fraction of sp³-hybridized carbons (Fsp3) is 0.571. The minimum Gasteiger partial charge on any atom is -0.393 e. The van der Waals surface area contributed by atoms with Crippen LogP contribution in [0, 0.1) is 10.1 Å². The zero-order valence-electron chi connectivity index (χ0n) is 11.3. The number of nitrogen functional groups attached to an aromatic ring is 1. The lowest BCUT2D eigenvalue weighted by Crippen LogP contribution is -2.38. The Morgan fingerprint density at radius 3 is 2.95 bits per heavy atom. The van der Waals surface area contributed by atoms with Gasteiger partial charge in [0, 0.05) is 18.7 Å². The van der Waals surface area contributed by atoms with Crippen LogP contribution in [0.25, 0.3) is 0 Å². The maximum absolute atomic E-state index is 10.9. The largest absolute Gasteiger partial charge is 0.393 e. The number of para-hydroxylation sites is 1. The van der Waals surface area contributed by atoms with Crippen LogP contribution < -0.4 is 5.73 Å². The summed E-state index contributed by atoms with van der Waals surface area (Å²) in [6.45, 7) is 3.96. The van der Waals surface area contributed by atoms with Gasteiger partial charge in [0.2, 0.25) is 0 Å². The Kier molecular flexibility index (Phi) is 4.37. The highest BCUT2D eigenvalue weighted by atomic mass is 16.6. The Hall–Kier alpha value is -1.62. The number of nitro benzene ring substituents is 1. The Balaban J connectivity index is 2.18. The predicted octanol–water partition coefficient (Wildman–Crippen LogP) is 2.94. The fourth-order valence-electron chi connectivity index (χ4n) is 2.85. The lowest BCUT2D eigenvalue weighted by Gasteiger charge is -2.35. The molecule has 5 nitrogen and oxygen atoms in total. The number of likely N-dealkylation sites (tertiary alicyclic amines) is 1. The quantitative estimate of drug-likeness (QED) is 0.515. The Morgan fingerprint density at radius 1 is 1.47 bits per heavy atom. The third-order valence-corrected chi connectivity index (χ3v) is 3.96. The molecule has 1 saturated heterocycles. The summed E-state index contributed by atoms with van der Waals surface area (Å²) < 4.78 is 0. The van der Waals surface area contributed by atoms with E-state index in [1.807, 2.05) is 6.07 Å². The number of rotatable bonds is 4. The molecule has 1 fully saturated rings. The van der Waals surface area contributed by atoms with E-state index >= 15 is 0 Å². The van der Waals surface area contributed by atoms with Gasteiger partial charge in [-0.05, 0) is 31.4 Å². The van der Waals surface area contributed by atoms with Crippen molar-refractivity contribution in [2.75, 3.05) is 12.3 Å². The molecule has 2 rings (SSSR count). The first-order chi connectivity index (χ1) is 9.13. The number of nitro groups is 1. The predicted molar refractivity (Wildman–Crippen MR) is 75.8 cm³/mol. The normalized spacial score (nSPS) is 20.4. The van der Waals surface area contributed by atoms with Crippen LogP contribution in [0.4, 0.5) is 11.4 Å². The smallest absolute Gasteiger partial charge is 0.292 e. The Morgan fingerprint density at radius 2 is 2.26 bits per heavy atom. The molecular formula is C14H21N3O2. The molecule has 1 atom stereocenters. The second-order valence-electron chi connectivity index (χ2n) is 5.14. The summed E-state index contributed by atoms with van der Waals surface area (Å²) in [5.74, 6) is 0.